The number of carbonyl (C=O) groups excluding carboxylic acids is 2. The Kier molecular flexibility index (Phi) is 15.9. The molecule has 2 aromatic carbocycles. The van der Waals surface area contributed by atoms with E-state index in [1.807, 2.05) is 0 Å². The predicted molar refractivity (Wildman–Crippen MR) is 231 cm³/mol. The minimum atomic E-state index is -5.08. The number of aliphatic carboxylic acids is 1. The molecule has 4 atom stereocenters. The Morgan fingerprint density at radius 2 is 0.836 bits per heavy atom. The van der Waals surface area contributed by atoms with E-state index in [2.05, 4.69) is 79.6 Å². The minimum Gasteiger partial charge on any atom is -0.475 e. The Hall–Kier alpha value is -3.84. The second-order valence-electron chi connectivity index (χ2n) is 18.7. The molecule has 61 heavy (non-hydrogen) atoms. The molecule has 2 saturated heterocycles. The van der Waals surface area contributed by atoms with Crippen LogP contribution in [0.3, 0.4) is 0 Å². The molecule has 8 rings (SSSR count). The van der Waals surface area contributed by atoms with Crippen LogP contribution in [0.15, 0.2) is 48.5 Å². The number of nitrogens with zero attached hydrogens (tertiary/aromatic N) is 2. The first kappa shape index (κ1) is 45.2. The molecule has 0 spiro atoms. The highest BCUT2D eigenvalue weighted by Crippen LogP contribution is 2.54. The van der Waals surface area contributed by atoms with Gasteiger partial charge in [-0.3, -0.25) is 9.80 Å². The summed E-state index contributed by atoms with van der Waals surface area (Å²) in [5.74, 6) is -1.17. The first-order valence-electron chi connectivity index (χ1n) is 23.6. The van der Waals surface area contributed by atoms with Gasteiger partial charge < -0.3 is 26.4 Å². The number of fused-ring (bicyclic) bond motifs is 10. The van der Waals surface area contributed by atoms with Crippen LogP contribution in [-0.4, -0.2) is 77.4 Å². The Morgan fingerprint density at radius 1 is 0.525 bits per heavy atom. The molecule has 6 aliphatic rings. The molecule has 336 valence electrons. The van der Waals surface area contributed by atoms with Gasteiger partial charge in [-0.2, -0.15) is 13.2 Å². The van der Waals surface area contributed by atoms with Crippen LogP contribution in [-0.2, 0) is 4.79 Å². The lowest BCUT2D eigenvalue weighted by Gasteiger charge is -2.31. The predicted octanol–water partition coefficient (Wildman–Crippen LogP) is 10.2. The molecule has 13 heteroatoms. The number of carboxylic acids is 1. The molecule has 4 heterocycles. The number of rotatable bonds is 17. The molecule has 2 saturated carbocycles. The van der Waals surface area contributed by atoms with Gasteiger partial charge in [-0.1, -0.05) is 74.2 Å². The van der Waals surface area contributed by atoms with Crippen molar-refractivity contribution in [3.63, 3.8) is 0 Å². The number of amides is 4. The van der Waals surface area contributed by atoms with Crippen LogP contribution in [0, 0.1) is 11.8 Å². The molecule has 4 bridgehead atoms. The first-order valence-corrected chi connectivity index (χ1v) is 23.6. The fourth-order valence-electron chi connectivity index (χ4n) is 11.6. The Labute approximate surface area is 360 Å². The third-order valence-corrected chi connectivity index (χ3v) is 14.8. The lowest BCUT2D eigenvalue weighted by molar-refractivity contribution is -0.192. The van der Waals surface area contributed by atoms with Crippen molar-refractivity contribution in [3.05, 3.63) is 70.8 Å². The zero-order valence-electron chi connectivity index (χ0n) is 35.9. The van der Waals surface area contributed by atoms with E-state index in [0.717, 1.165) is 76.3 Å². The van der Waals surface area contributed by atoms with Gasteiger partial charge in [0.05, 0.1) is 0 Å². The van der Waals surface area contributed by atoms with Crippen molar-refractivity contribution in [2.45, 2.75) is 171 Å². The number of halogens is 3. The number of carbonyl (C=O) groups is 3. The minimum absolute atomic E-state index is 0.0120. The van der Waals surface area contributed by atoms with Crippen molar-refractivity contribution >= 4 is 18.0 Å². The van der Waals surface area contributed by atoms with E-state index in [9.17, 15) is 22.8 Å². The van der Waals surface area contributed by atoms with Gasteiger partial charge >= 0.3 is 24.2 Å². The fourth-order valence-corrected chi connectivity index (χ4v) is 11.6. The third-order valence-electron chi connectivity index (χ3n) is 14.8. The van der Waals surface area contributed by atoms with Gasteiger partial charge in [0.25, 0.3) is 0 Å². The number of urea groups is 2. The maximum Gasteiger partial charge on any atom is 0.490 e. The SMILES string of the molecule is O=C(NCCCCCCCCNC(=O)NC1CCC(CCN2[C@@H]3CC[C@H]2c2ccccc23)CC1)NC1CCC(CCN2C3CC[C@@H]2c2ccccc23)CC1.O=C(O)C(F)(F)F. The van der Waals surface area contributed by atoms with Gasteiger partial charge in [0, 0.05) is 49.3 Å². The van der Waals surface area contributed by atoms with Crippen molar-refractivity contribution in [2.24, 2.45) is 11.8 Å². The van der Waals surface area contributed by atoms with Crippen molar-refractivity contribution < 1.29 is 32.7 Å². The Balaban J connectivity index is 0.000000739. The molecule has 4 fully saturated rings. The molecule has 2 aliphatic carbocycles. The highest BCUT2D eigenvalue weighted by molar-refractivity contribution is 5.74. The van der Waals surface area contributed by atoms with Crippen LogP contribution < -0.4 is 21.3 Å². The summed E-state index contributed by atoms with van der Waals surface area (Å²) in [5.41, 5.74) is 6.34. The molecule has 4 amide bonds. The van der Waals surface area contributed by atoms with Crippen LogP contribution in [0.25, 0.3) is 0 Å². The summed E-state index contributed by atoms with van der Waals surface area (Å²) < 4.78 is 31.7. The van der Waals surface area contributed by atoms with Crippen LogP contribution in [0.2, 0.25) is 0 Å². The van der Waals surface area contributed by atoms with Crippen LogP contribution in [0.1, 0.15) is 175 Å². The van der Waals surface area contributed by atoms with Crippen molar-refractivity contribution in [3.8, 4) is 0 Å². The monoisotopic (exact) mass is 851 g/mol. The number of nitrogens with one attached hydrogen (secondary N) is 4. The van der Waals surface area contributed by atoms with E-state index in [1.165, 1.54) is 90.1 Å². The summed E-state index contributed by atoms with van der Waals surface area (Å²) in [5, 5.41) is 19.8. The highest BCUT2D eigenvalue weighted by Gasteiger charge is 2.44. The quantitative estimate of drug-likeness (QED) is 0.101. The van der Waals surface area contributed by atoms with Gasteiger partial charge in [0.1, 0.15) is 0 Å². The molecule has 10 nitrogen and oxygen atoms in total. The van der Waals surface area contributed by atoms with E-state index in [1.54, 1.807) is 22.3 Å². The summed E-state index contributed by atoms with van der Waals surface area (Å²) in [6.07, 6.45) is 18.9. The number of alkyl halides is 3. The van der Waals surface area contributed by atoms with E-state index in [4.69, 9.17) is 9.90 Å². The molecule has 1 unspecified atom stereocenters. The second kappa shape index (κ2) is 21.5. The van der Waals surface area contributed by atoms with E-state index in [0.29, 0.717) is 36.3 Å². The largest absolute Gasteiger partial charge is 0.490 e. The third kappa shape index (κ3) is 12.0. The number of hydrogen-bond acceptors (Lipinski definition) is 5. The summed E-state index contributed by atoms with van der Waals surface area (Å²) in [6.45, 7) is 3.94. The standard InChI is InChI=1S/C46H68N6O2.C2HF3O2/c53-45(49-35-19-15-33(16-20-35)27-31-51-41-23-24-42(51)38-12-6-5-11-37(38)41)47-29-9-3-1-2-4-10-30-48-46(54)50-36-21-17-34(18-22-36)28-32-52-43-25-26-44(52)40-14-8-7-13-39(40)43;3-2(4,5)1(6)7/h5-8,11-14,33-36,41-44H,1-4,9-10,15-32H2,(H2,47,49,53)(H2,48,50,54);(H,6,7)/t33?,34?,35?,36?,41-,42+,43-,44?;/m1./s1. The van der Waals surface area contributed by atoms with E-state index >= 15 is 0 Å². The summed E-state index contributed by atoms with van der Waals surface area (Å²) >= 11 is 0. The normalized spacial score (nSPS) is 27.7. The first-order chi connectivity index (χ1) is 29.5. The smallest absolute Gasteiger partial charge is 0.475 e. The molecule has 0 radical (unpaired) electrons. The molecule has 5 N–H and O–H groups in total. The number of hydrogen-bond donors (Lipinski definition) is 5. The number of benzene rings is 2. The summed E-state index contributed by atoms with van der Waals surface area (Å²) in [7, 11) is 0. The number of unbranched alkanes of at least 4 members (excludes halogenated alkanes) is 5. The van der Waals surface area contributed by atoms with Gasteiger partial charge in [-0.05, 0) is 150 Å². The van der Waals surface area contributed by atoms with Gasteiger partial charge in [-0.15, -0.1) is 0 Å². The zero-order valence-corrected chi connectivity index (χ0v) is 35.9. The molecule has 0 aromatic heterocycles. The molecular weight excluding hydrogens is 782 g/mol. The van der Waals surface area contributed by atoms with Crippen molar-refractivity contribution in [2.75, 3.05) is 26.2 Å². The van der Waals surface area contributed by atoms with Crippen LogP contribution in [0.5, 0.6) is 0 Å². The maximum atomic E-state index is 12.5. The Morgan fingerprint density at radius 3 is 1.15 bits per heavy atom. The topological polar surface area (TPSA) is 126 Å². The summed E-state index contributed by atoms with van der Waals surface area (Å²) in [4.78, 5) is 39.5. The molecule has 2 aromatic rings. The van der Waals surface area contributed by atoms with Gasteiger partial charge in [0.15, 0.2) is 0 Å². The molecule has 4 aliphatic heterocycles. The average Bonchev–Trinajstić information content (AvgIpc) is 4.02. The van der Waals surface area contributed by atoms with E-state index < -0.39 is 12.1 Å². The number of carboxylic acid groups (broad SMARTS) is 1. The van der Waals surface area contributed by atoms with Gasteiger partial charge in [-0.25, -0.2) is 14.4 Å². The average molecular weight is 851 g/mol. The lowest BCUT2D eigenvalue weighted by atomic mass is 9.84. The van der Waals surface area contributed by atoms with Crippen LogP contribution in [0.4, 0.5) is 22.8 Å². The van der Waals surface area contributed by atoms with Crippen molar-refractivity contribution in [1.82, 2.24) is 31.1 Å². The van der Waals surface area contributed by atoms with Crippen LogP contribution >= 0.6 is 0 Å². The lowest BCUT2D eigenvalue weighted by Crippen LogP contribution is -2.44. The fraction of sp³-hybridized carbons (Fsp3) is 0.688. The Bertz CT molecular complexity index is 1570. The summed E-state index contributed by atoms with van der Waals surface area (Å²) in [6, 6.07) is 21.5. The maximum absolute atomic E-state index is 12.5. The second-order valence-corrected chi connectivity index (χ2v) is 18.7. The van der Waals surface area contributed by atoms with Gasteiger partial charge in [0.2, 0.25) is 0 Å². The van der Waals surface area contributed by atoms with E-state index in [-0.39, 0.29) is 12.1 Å². The molecular formula is C48H69F3N6O4. The zero-order chi connectivity index (χ0) is 42.8. The highest BCUT2D eigenvalue weighted by atomic mass is 19.4. The van der Waals surface area contributed by atoms with Crippen molar-refractivity contribution in [1.29, 1.82) is 0 Å².